The molecular weight excluding hydrogens is 432 g/mol. The summed E-state index contributed by atoms with van der Waals surface area (Å²) in [6.45, 7) is 0. The van der Waals surface area contributed by atoms with E-state index in [2.05, 4.69) is 0 Å². The second-order valence-corrected chi connectivity index (χ2v) is 7.28. The number of allylic oxidation sites excluding steroid dienone is 2. The third-order valence-corrected chi connectivity index (χ3v) is 4.57. The number of phenols is 2. The van der Waals surface area contributed by atoms with Crippen molar-refractivity contribution in [3.05, 3.63) is 108 Å². The van der Waals surface area contributed by atoms with Crippen LogP contribution in [-0.4, -0.2) is 27.7 Å². The molecule has 3 rings (SSSR count). The highest BCUT2D eigenvalue weighted by Crippen LogP contribution is 2.15. The van der Waals surface area contributed by atoms with Gasteiger partial charge in [0.25, 0.3) is 0 Å². The van der Waals surface area contributed by atoms with E-state index < -0.39 is 5.97 Å². The maximum Gasteiger partial charge on any atom is 0.336 e. The van der Waals surface area contributed by atoms with Crippen molar-refractivity contribution in [2.24, 2.45) is 0 Å². The number of carbonyl (C=O) groups is 3. The van der Waals surface area contributed by atoms with E-state index in [1.165, 1.54) is 42.5 Å². The molecule has 0 saturated heterocycles. The van der Waals surface area contributed by atoms with Gasteiger partial charge < -0.3 is 14.9 Å². The number of ketones is 2. The molecule has 0 aliphatic carbocycles. The number of esters is 1. The van der Waals surface area contributed by atoms with E-state index >= 15 is 0 Å². The van der Waals surface area contributed by atoms with Crippen LogP contribution in [0.15, 0.2) is 91.0 Å². The molecule has 34 heavy (non-hydrogen) atoms. The molecule has 0 unspecified atom stereocenters. The largest absolute Gasteiger partial charge is 0.508 e. The van der Waals surface area contributed by atoms with E-state index in [9.17, 15) is 24.6 Å². The molecule has 170 valence electrons. The molecule has 0 atom stereocenters. The third-order valence-electron chi connectivity index (χ3n) is 4.57. The van der Waals surface area contributed by atoms with E-state index in [1.807, 2.05) is 0 Å². The Morgan fingerprint density at radius 1 is 0.588 bits per heavy atom. The molecular formula is C28H22O6. The van der Waals surface area contributed by atoms with Crippen LogP contribution in [0.3, 0.4) is 0 Å². The number of carbonyl (C=O) groups excluding carboxylic acids is 3. The maximum atomic E-state index is 12.0. The average molecular weight is 454 g/mol. The van der Waals surface area contributed by atoms with Crippen LogP contribution >= 0.6 is 0 Å². The zero-order valence-corrected chi connectivity index (χ0v) is 18.1. The van der Waals surface area contributed by atoms with E-state index in [0.717, 1.165) is 11.1 Å². The van der Waals surface area contributed by atoms with E-state index in [4.69, 9.17) is 4.74 Å². The van der Waals surface area contributed by atoms with Crippen molar-refractivity contribution in [3.8, 4) is 17.2 Å². The molecule has 2 N–H and O–H groups in total. The zero-order chi connectivity index (χ0) is 24.3. The monoisotopic (exact) mass is 454 g/mol. The highest BCUT2D eigenvalue weighted by molar-refractivity contribution is 6.10. The van der Waals surface area contributed by atoms with Crippen LogP contribution in [0.4, 0.5) is 0 Å². The van der Waals surface area contributed by atoms with Crippen molar-refractivity contribution in [1.29, 1.82) is 0 Å². The first-order valence-corrected chi connectivity index (χ1v) is 10.4. The van der Waals surface area contributed by atoms with Gasteiger partial charge in [0.1, 0.15) is 17.2 Å². The summed E-state index contributed by atoms with van der Waals surface area (Å²) >= 11 is 0. The van der Waals surface area contributed by atoms with E-state index in [-0.39, 0.29) is 29.5 Å². The van der Waals surface area contributed by atoms with Gasteiger partial charge in [0.05, 0.1) is 6.42 Å². The lowest BCUT2D eigenvalue weighted by molar-refractivity contribution is -0.129. The summed E-state index contributed by atoms with van der Waals surface area (Å²) in [4.78, 5) is 35.9. The Balaban J connectivity index is 1.47. The van der Waals surface area contributed by atoms with Crippen LogP contribution < -0.4 is 4.74 Å². The van der Waals surface area contributed by atoms with Gasteiger partial charge in [0, 0.05) is 6.08 Å². The van der Waals surface area contributed by atoms with Crippen molar-refractivity contribution in [2.45, 2.75) is 6.42 Å². The van der Waals surface area contributed by atoms with Gasteiger partial charge in [0.15, 0.2) is 11.6 Å². The lowest BCUT2D eigenvalue weighted by Crippen LogP contribution is -2.03. The maximum absolute atomic E-state index is 12.0. The lowest BCUT2D eigenvalue weighted by Gasteiger charge is -2.02. The second kappa shape index (κ2) is 11.8. The van der Waals surface area contributed by atoms with Crippen LogP contribution in [0.25, 0.3) is 18.2 Å². The smallest absolute Gasteiger partial charge is 0.336 e. The summed E-state index contributed by atoms with van der Waals surface area (Å²) in [7, 11) is 0. The minimum Gasteiger partial charge on any atom is -0.508 e. The van der Waals surface area contributed by atoms with Crippen molar-refractivity contribution in [2.75, 3.05) is 0 Å². The van der Waals surface area contributed by atoms with E-state index in [1.54, 1.807) is 66.8 Å². The molecule has 3 aromatic rings. The van der Waals surface area contributed by atoms with Crippen LogP contribution in [-0.2, 0) is 14.4 Å². The topological polar surface area (TPSA) is 101 Å². The normalized spacial score (nSPS) is 11.3. The predicted octanol–water partition coefficient (Wildman–Crippen LogP) is 4.97. The minimum absolute atomic E-state index is 0.137. The summed E-state index contributed by atoms with van der Waals surface area (Å²) in [6, 6.07) is 19.3. The molecule has 0 aliphatic rings. The SMILES string of the molecule is O=C(/C=C/c1ccc(O)cc1)CC(=O)/C=C/c1ccc(OC(=O)/C=C/c2ccc(O)cc2)cc1. The van der Waals surface area contributed by atoms with Gasteiger partial charge in [0.2, 0.25) is 0 Å². The number of aromatic hydroxyl groups is 2. The first-order chi connectivity index (χ1) is 16.4. The first-order valence-electron chi connectivity index (χ1n) is 10.4. The van der Waals surface area contributed by atoms with Crippen LogP contribution in [0, 0.1) is 0 Å². The molecule has 0 heterocycles. The highest BCUT2D eigenvalue weighted by Gasteiger charge is 2.04. The predicted molar refractivity (Wildman–Crippen MR) is 130 cm³/mol. The number of hydrogen-bond donors (Lipinski definition) is 2. The van der Waals surface area contributed by atoms with Gasteiger partial charge in [-0.15, -0.1) is 0 Å². The zero-order valence-electron chi connectivity index (χ0n) is 18.1. The van der Waals surface area contributed by atoms with E-state index in [0.29, 0.717) is 11.3 Å². The third kappa shape index (κ3) is 8.09. The first kappa shape index (κ1) is 23.9. The summed E-state index contributed by atoms with van der Waals surface area (Å²) in [5, 5.41) is 18.5. The molecule has 0 aromatic heterocycles. The average Bonchev–Trinajstić information content (AvgIpc) is 2.83. The number of ether oxygens (including phenoxy) is 1. The molecule has 0 aliphatic heterocycles. The molecule has 0 radical (unpaired) electrons. The molecule has 0 amide bonds. The Bertz CT molecular complexity index is 1230. The Kier molecular flexibility index (Phi) is 8.30. The molecule has 0 fully saturated rings. The summed E-state index contributed by atoms with van der Waals surface area (Å²) in [6.07, 6.45) is 8.42. The second-order valence-electron chi connectivity index (χ2n) is 7.28. The minimum atomic E-state index is -0.551. The molecule has 3 aromatic carbocycles. The number of hydrogen-bond acceptors (Lipinski definition) is 6. The van der Waals surface area contributed by atoms with Gasteiger partial charge >= 0.3 is 5.97 Å². The van der Waals surface area contributed by atoms with Crippen molar-refractivity contribution in [1.82, 2.24) is 0 Å². The van der Waals surface area contributed by atoms with Gasteiger partial charge in [-0.2, -0.15) is 0 Å². The van der Waals surface area contributed by atoms with Crippen molar-refractivity contribution >= 4 is 35.8 Å². The Hall–Kier alpha value is -4.71. The molecule has 6 nitrogen and oxygen atoms in total. The number of rotatable bonds is 9. The molecule has 6 heteroatoms. The summed E-state index contributed by atoms with van der Waals surface area (Å²) in [5.41, 5.74) is 2.19. The lowest BCUT2D eigenvalue weighted by atomic mass is 10.1. The molecule has 0 saturated carbocycles. The van der Waals surface area contributed by atoms with Crippen LogP contribution in [0.1, 0.15) is 23.1 Å². The fourth-order valence-corrected chi connectivity index (χ4v) is 2.80. The van der Waals surface area contributed by atoms with Gasteiger partial charge in [-0.1, -0.05) is 48.6 Å². The quantitative estimate of drug-likeness (QED) is 0.205. The van der Waals surface area contributed by atoms with Crippen LogP contribution in [0.2, 0.25) is 0 Å². The van der Waals surface area contributed by atoms with Gasteiger partial charge in [-0.25, -0.2) is 4.79 Å². The Morgan fingerprint density at radius 2 is 0.971 bits per heavy atom. The fourth-order valence-electron chi connectivity index (χ4n) is 2.80. The number of phenolic OH excluding ortho intramolecular Hbond substituents is 2. The highest BCUT2D eigenvalue weighted by atomic mass is 16.5. The number of benzene rings is 3. The van der Waals surface area contributed by atoms with Gasteiger partial charge in [-0.3, -0.25) is 9.59 Å². The summed E-state index contributed by atoms with van der Waals surface area (Å²) < 4.78 is 5.23. The fraction of sp³-hybridized carbons (Fsp3) is 0.0357. The molecule has 0 bridgehead atoms. The molecule has 0 spiro atoms. The van der Waals surface area contributed by atoms with Gasteiger partial charge in [-0.05, 0) is 71.3 Å². The van der Waals surface area contributed by atoms with Crippen LogP contribution in [0.5, 0.6) is 17.2 Å². The summed E-state index contributed by atoms with van der Waals surface area (Å²) in [5.74, 6) is -0.591. The Labute approximate surface area is 196 Å². The standard InChI is InChI=1S/C28H22O6/c29-23-10-1-20(2-11-23)5-14-25(31)19-26(32)15-6-22-7-16-27(17-8-22)34-28(33)18-9-21-3-12-24(30)13-4-21/h1-18,29-30H,19H2/b14-5+,15-6+,18-9+. The van der Waals surface area contributed by atoms with Crippen molar-refractivity contribution in [3.63, 3.8) is 0 Å². The Morgan fingerprint density at radius 3 is 1.41 bits per heavy atom. The van der Waals surface area contributed by atoms with Crippen molar-refractivity contribution < 1.29 is 29.3 Å².